The van der Waals surface area contributed by atoms with Crippen LogP contribution in [0.15, 0.2) is 12.4 Å². The summed E-state index contributed by atoms with van der Waals surface area (Å²) < 4.78 is 4.74. The van der Waals surface area contributed by atoms with E-state index in [1.54, 1.807) is 20.0 Å². The molecule has 0 N–H and O–H groups in total. The summed E-state index contributed by atoms with van der Waals surface area (Å²) in [5.74, 6) is -0.422. The molecule has 4 heteroatoms. The van der Waals surface area contributed by atoms with Crippen molar-refractivity contribution >= 4 is 5.97 Å². The van der Waals surface area contributed by atoms with Gasteiger partial charge in [0.15, 0.2) is 5.69 Å². The standard InChI is InChI=1S/C8H10N2O2/c1-3-12-8(11)7-5-9-4-6(2)10-7/h4-5H,3H2,1-2H3. The lowest BCUT2D eigenvalue weighted by Gasteiger charge is -1.99. The number of nitrogens with zero attached hydrogens (tertiary/aromatic N) is 2. The number of carbonyl (C=O) groups is 1. The molecule has 0 aliphatic rings. The van der Waals surface area contributed by atoms with Crippen LogP contribution in [-0.2, 0) is 4.74 Å². The molecule has 0 atom stereocenters. The maximum atomic E-state index is 11.1. The van der Waals surface area contributed by atoms with Gasteiger partial charge in [0.2, 0.25) is 0 Å². The minimum absolute atomic E-state index is 0.261. The number of ether oxygens (including phenoxy) is 1. The Morgan fingerprint density at radius 2 is 2.33 bits per heavy atom. The van der Waals surface area contributed by atoms with Crippen LogP contribution in [0, 0.1) is 6.92 Å². The van der Waals surface area contributed by atoms with Gasteiger partial charge in [-0.1, -0.05) is 0 Å². The molecule has 4 nitrogen and oxygen atoms in total. The molecule has 1 heterocycles. The second-order valence-electron chi connectivity index (χ2n) is 2.27. The Bertz CT molecular complexity index is 286. The van der Waals surface area contributed by atoms with Crippen molar-refractivity contribution in [2.45, 2.75) is 13.8 Å². The van der Waals surface area contributed by atoms with E-state index >= 15 is 0 Å². The Kier molecular flexibility index (Phi) is 2.74. The van der Waals surface area contributed by atoms with Crippen molar-refractivity contribution in [2.75, 3.05) is 6.61 Å². The molecule has 1 aromatic rings. The van der Waals surface area contributed by atoms with Crippen molar-refractivity contribution in [2.24, 2.45) is 0 Å². The van der Waals surface area contributed by atoms with Gasteiger partial charge < -0.3 is 4.74 Å². The van der Waals surface area contributed by atoms with Gasteiger partial charge in [-0.15, -0.1) is 0 Å². The van der Waals surface area contributed by atoms with Crippen LogP contribution in [0.3, 0.4) is 0 Å². The molecule has 0 unspecified atom stereocenters. The minimum Gasteiger partial charge on any atom is -0.461 e. The van der Waals surface area contributed by atoms with Gasteiger partial charge in [0.1, 0.15) is 0 Å². The quantitative estimate of drug-likeness (QED) is 0.614. The van der Waals surface area contributed by atoms with E-state index in [4.69, 9.17) is 4.74 Å². The number of esters is 1. The van der Waals surface area contributed by atoms with Crippen LogP contribution in [0.5, 0.6) is 0 Å². The number of hydrogen-bond donors (Lipinski definition) is 0. The zero-order chi connectivity index (χ0) is 8.97. The van der Waals surface area contributed by atoms with Crippen LogP contribution in [-0.4, -0.2) is 22.5 Å². The normalized spacial score (nSPS) is 9.50. The summed E-state index contributed by atoms with van der Waals surface area (Å²) in [6.07, 6.45) is 2.98. The monoisotopic (exact) mass is 166 g/mol. The van der Waals surface area contributed by atoms with E-state index < -0.39 is 5.97 Å². The Hall–Kier alpha value is -1.45. The molecular weight excluding hydrogens is 156 g/mol. The van der Waals surface area contributed by atoms with Gasteiger partial charge in [-0.2, -0.15) is 0 Å². The topological polar surface area (TPSA) is 52.1 Å². The highest BCUT2D eigenvalue weighted by Crippen LogP contribution is 1.96. The predicted molar refractivity (Wildman–Crippen MR) is 42.7 cm³/mol. The fourth-order valence-electron chi connectivity index (χ4n) is 0.767. The summed E-state index contributed by atoms with van der Waals surface area (Å²) in [4.78, 5) is 18.9. The first-order valence-electron chi connectivity index (χ1n) is 3.69. The minimum atomic E-state index is -0.422. The van der Waals surface area contributed by atoms with Crippen molar-refractivity contribution in [3.8, 4) is 0 Å². The molecule has 1 rings (SSSR count). The highest BCUT2D eigenvalue weighted by Gasteiger charge is 2.07. The highest BCUT2D eigenvalue weighted by atomic mass is 16.5. The highest BCUT2D eigenvalue weighted by molar-refractivity contribution is 5.86. The Balaban J connectivity index is 2.81. The van der Waals surface area contributed by atoms with Crippen molar-refractivity contribution < 1.29 is 9.53 Å². The number of rotatable bonds is 2. The van der Waals surface area contributed by atoms with Gasteiger partial charge in [0.05, 0.1) is 18.5 Å². The average Bonchev–Trinajstić information content (AvgIpc) is 2.05. The van der Waals surface area contributed by atoms with Gasteiger partial charge >= 0.3 is 5.97 Å². The van der Waals surface area contributed by atoms with Gasteiger partial charge in [-0.3, -0.25) is 4.98 Å². The van der Waals surface area contributed by atoms with E-state index in [-0.39, 0.29) is 5.69 Å². The van der Waals surface area contributed by atoms with E-state index in [0.29, 0.717) is 12.3 Å². The SMILES string of the molecule is CCOC(=O)c1cncc(C)n1. The molecule has 0 spiro atoms. The van der Waals surface area contributed by atoms with Gasteiger partial charge in [0.25, 0.3) is 0 Å². The first-order chi connectivity index (χ1) is 5.74. The number of aryl methyl sites for hydroxylation is 1. The van der Waals surface area contributed by atoms with Gasteiger partial charge in [-0.25, -0.2) is 9.78 Å². The van der Waals surface area contributed by atoms with Crippen LogP contribution in [0.1, 0.15) is 23.1 Å². The van der Waals surface area contributed by atoms with Crippen LogP contribution in [0.4, 0.5) is 0 Å². The first kappa shape index (κ1) is 8.64. The molecule has 0 saturated heterocycles. The lowest BCUT2D eigenvalue weighted by Crippen LogP contribution is -2.07. The molecule has 64 valence electrons. The third kappa shape index (κ3) is 2.02. The second-order valence-corrected chi connectivity index (χ2v) is 2.27. The van der Waals surface area contributed by atoms with E-state index in [0.717, 1.165) is 0 Å². The predicted octanol–water partition coefficient (Wildman–Crippen LogP) is 0.962. The summed E-state index contributed by atoms with van der Waals surface area (Å²) in [6, 6.07) is 0. The van der Waals surface area contributed by atoms with Gasteiger partial charge in [-0.05, 0) is 13.8 Å². The summed E-state index contributed by atoms with van der Waals surface area (Å²) >= 11 is 0. The van der Waals surface area contributed by atoms with Crippen LogP contribution in [0.2, 0.25) is 0 Å². The van der Waals surface area contributed by atoms with E-state index in [1.807, 2.05) is 0 Å². The fraction of sp³-hybridized carbons (Fsp3) is 0.375. The lowest BCUT2D eigenvalue weighted by atomic mass is 10.4. The summed E-state index contributed by atoms with van der Waals surface area (Å²) in [6.45, 7) is 3.88. The van der Waals surface area contributed by atoms with E-state index in [9.17, 15) is 4.79 Å². The average molecular weight is 166 g/mol. The zero-order valence-corrected chi connectivity index (χ0v) is 7.07. The van der Waals surface area contributed by atoms with Crippen molar-refractivity contribution in [3.05, 3.63) is 23.8 Å². The first-order valence-corrected chi connectivity index (χ1v) is 3.69. The zero-order valence-electron chi connectivity index (χ0n) is 7.07. The van der Waals surface area contributed by atoms with Crippen LogP contribution in [0.25, 0.3) is 0 Å². The summed E-state index contributed by atoms with van der Waals surface area (Å²) in [5.41, 5.74) is 0.970. The molecule has 0 aromatic carbocycles. The molecule has 0 bridgehead atoms. The van der Waals surface area contributed by atoms with Gasteiger partial charge in [0, 0.05) is 6.20 Å². The Labute approximate surface area is 70.6 Å². The molecule has 1 aromatic heterocycles. The molecule has 12 heavy (non-hydrogen) atoms. The van der Waals surface area contributed by atoms with Crippen LogP contribution >= 0.6 is 0 Å². The van der Waals surface area contributed by atoms with Crippen molar-refractivity contribution in [3.63, 3.8) is 0 Å². The maximum absolute atomic E-state index is 11.1. The largest absolute Gasteiger partial charge is 0.461 e. The molecule has 0 radical (unpaired) electrons. The molecule has 0 aliphatic carbocycles. The van der Waals surface area contributed by atoms with Crippen LogP contribution < -0.4 is 0 Å². The number of hydrogen-bond acceptors (Lipinski definition) is 4. The number of carbonyl (C=O) groups excluding carboxylic acids is 1. The second kappa shape index (κ2) is 3.80. The third-order valence-electron chi connectivity index (χ3n) is 1.24. The molecule has 0 saturated carbocycles. The summed E-state index contributed by atoms with van der Waals surface area (Å²) in [7, 11) is 0. The maximum Gasteiger partial charge on any atom is 0.358 e. The lowest BCUT2D eigenvalue weighted by molar-refractivity contribution is 0.0518. The molecular formula is C8H10N2O2. The van der Waals surface area contributed by atoms with E-state index in [2.05, 4.69) is 9.97 Å². The molecule has 0 aliphatic heterocycles. The molecule has 0 amide bonds. The fourth-order valence-corrected chi connectivity index (χ4v) is 0.767. The van der Waals surface area contributed by atoms with Crippen molar-refractivity contribution in [1.29, 1.82) is 0 Å². The Morgan fingerprint density at radius 3 is 2.92 bits per heavy atom. The third-order valence-corrected chi connectivity index (χ3v) is 1.24. The Morgan fingerprint density at radius 1 is 1.58 bits per heavy atom. The summed E-state index contributed by atoms with van der Waals surface area (Å²) in [5, 5.41) is 0. The van der Waals surface area contributed by atoms with E-state index in [1.165, 1.54) is 6.20 Å². The van der Waals surface area contributed by atoms with Crippen molar-refractivity contribution in [1.82, 2.24) is 9.97 Å². The smallest absolute Gasteiger partial charge is 0.358 e. The molecule has 0 fully saturated rings. The number of aromatic nitrogens is 2.